The number of para-hydroxylation sites is 2. The number of imidazole rings is 1. The lowest BCUT2D eigenvalue weighted by atomic mass is 10.0. The van der Waals surface area contributed by atoms with Gasteiger partial charge < -0.3 is 25.1 Å². The number of guanidine groups is 1. The van der Waals surface area contributed by atoms with Gasteiger partial charge in [-0.15, -0.1) is 0 Å². The molecule has 1 unspecified atom stereocenters. The first kappa shape index (κ1) is 28.1. The van der Waals surface area contributed by atoms with Crippen molar-refractivity contribution >= 4 is 23.1 Å². The molecule has 9 nitrogen and oxygen atoms in total. The third-order valence-corrected chi connectivity index (χ3v) is 6.44. The van der Waals surface area contributed by atoms with Crippen LogP contribution in [0.5, 0.6) is 0 Å². The van der Waals surface area contributed by atoms with Crippen molar-refractivity contribution in [2.45, 2.75) is 57.8 Å². The molecule has 3 aromatic rings. The fraction of sp³-hybridized carbons (Fsp3) is 0.433. The molecule has 2 heterocycles. The van der Waals surface area contributed by atoms with E-state index in [2.05, 4.69) is 28.8 Å². The summed E-state index contributed by atoms with van der Waals surface area (Å²) in [5.74, 6) is 6.68. The molecule has 1 aliphatic heterocycles. The average molecular weight is 531 g/mol. The zero-order valence-corrected chi connectivity index (χ0v) is 23.2. The summed E-state index contributed by atoms with van der Waals surface area (Å²) in [6, 6.07) is 15.9. The molecule has 1 amide bonds. The quantitative estimate of drug-likeness (QED) is 0.243. The van der Waals surface area contributed by atoms with Crippen LogP contribution in [0.15, 0.2) is 48.5 Å². The number of aromatic amines is 1. The number of H-pyrrole nitrogens is 1. The van der Waals surface area contributed by atoms with Crippen LogP contribution in [0.2, 0.25) is 0 Å². The van der Waals surface area contributed by atoms with E-state index in [1.807, 2.05) is 48.5 Å². The lowest BCUT2D eigenvalue weighted by Gasteiger charge is -2.31. The Kier molecular flexibility index (Phi) is 8.90. The van der Waals surface area contributed by atoms with Gasteiger partial charge in [-0.05, 0) is 70.5 Å². The molecule has 0 bridgehead atoms. The molecule has 39 heavy (non-hydrogen) atoms. The molecule has 206 valence electrons. The van der Waals surface area contributed by atoms with E-state index in [0.717, 1.165) is 58.8 Å². The molecule has 1 saturated heterocycles. The van der Waals surface area contributed by atoms with Crippen LogP contribution in [-0.2, 0) is 9.47 Å². The van der Waals surface area contributed by atoms with Crippen molar-refractivity contribution in [2.75, 3.05) is 26.7 Å². The van der Waals surface area contributed by atoms with E-state index in [0.29, 0.717) is 6.42 Å². The summed E-state index contributed by atoms with van der Waals surface area (Å²) >= 11 is 0. The van der Waals surface area contributed by atoms with E-state index in [-0.39, 0.29) is 24.7 Å². The Morgan fingerprint density at radius 3 is 2.67 bits per heavy atom. The van der Waals surface area contributed by atoms with E-state index >= 15 is 0 Å². The van der Waals surface area contributed by atoms with Crippen LogP contribution in [0.1, 0.15) is 63.1 Å². The monoisotopic (exact) mass is 530 g/mol. The lowest BCUT2D eigenvalue weighted by Crippen LogP contribution is -2.44. The number of benzene rings is 2. The molecule has 4 N–H and O–H groups in total. The Bertz CT molecular complexity index is 1330. The van der Waals surface area contributed by atoms with E-state index in [1.54, 1.807) is 20.8 Å². The maximum atomic E-state index is 12.4. The smallest absolute Gasteiger partial charge is 0.417 e. The molecular weight excluding hydrogens is 492 g/mol. The second-order valence-corrected chi connectivity index (χ2v) is 10.9. The van der Waals surface area contributed by atoms with Gasteiger partial charge in [0.2, 0.25) is 0 Å². The number of ether oxygens (including phenoxy) is 2. The molecule has 1 aromatic heterocycles. The van der Waals surface area contributed by atoms with Gasteiger partial charge >= 0.3 is 6.09 Å². The SMILES string of the molecule is CN1CCC(OC(c2cccc(C#CCCN(C(=N)N)C(=O)OC(C)(C)C)c2)c2nc3ccccc3[nH]2)CC1. The Balaban J connectivity index is 1.51. The summed E-state index contributed by atoms with van der Waals surface area (Å²) in [4.78, 5) is 24.1. The van der Waals surface area contributed by atoms with E-state index in [4.69, 9.17) is 25.6 Å². The summed E-state index contributed by atoms with van der Waals surface area (Å²) < 4.78 is 12.0. The maximum absolute atomic E-state index is 12.4. The topological polar surface area (TPSA) is 121 Å². The molecule has 2 aromatic carbocycles. The summed E-state index contributed by atoms with van der Waals surface area (Å²) in [6.45, 7) is 7.48. The Labute approximate surface area is 230 Å². The number of fused-ring (bicyclic) bond motifs is 1. The number of nitrogens with one attached hydrogen (secondary N) is 2. The number of nitrogens with zero attached hydrogens (tertiary/aromatic N) is 3. The van der Waals surface area contributed by atoms with Crippen molar-refractivity contribution < 1.29 is 14.3 Å². The summed E-state index contributed by atoms with van der Waals surface area (Å²) in [5, 5.41) is 7.73. The Hall–Kier alpha value is -3.87. The normalized spacial score (nSPS) is 15.4. The highest BCUT2D eigenvalue weighted by Crippen LogP contribution is 2.30. The molecule has 0 saturated carbocycles. The van der Waals surface area contributed by atoms with Gasteiger partial charge in [-0.1, -0.05) is 36.1 Å². The van der Waals surface area contributed by atoms with Gasteiger partial charge in [0.1, 0.15) is 17.5 Å². The fourth-order valence-corrected chi connectivity index (χ4v) is 4.45. The number of rotatable bonds is 6. The minimum atomic E-state index is -0.678. The highest BCUT2D eigenvalue weighted by atomic mass is 16.6. The Morgan fingerprint density at radius 2 is 1.97 bits per heavy atom. The highest BCUT2D eigenvalue weighted by molar-refractivity contribution is 5.91. The molecule has 4 rings (SSSR count). The fourth-order valence-electron chi connectivity index (χ4n) is 4.45. The number of amides is 1. The van der Waals surface area contributed by atoms with Crippen LogP contribution in [0.3, 0.4) is 0 Å². The zero-order chi connectivity index (χ0) is 28.0. The van der Waals surface area contributed by atoms with Crippen LogP contribution in [-0.4, -0.2) is 70.2 Å². The van der Waals surface area contributed by atoms with Gasteiger partial charge in [-0.3, -0.25) is 5.41 Å². The highest BCUT2D eigenvalue weighted by Gasteiger charge is 2.26. The number of likely N-dealkylation sites (tertiary alicyclic amines) is 1. The summed E-state index contributed by atoms with van der Waals surface area (Å²) in [6.07, 6.45) is 1.40. The number of hydrogen-bond acceptors (Lipinski definition) is 6. The zero-order valence-electron chi connectivity index (χ0n) is 23.2. The number of piperidine rings is 1. The van der Waals surface area contributed by atoms with Gasteiger partial charge in [0.05, 0.1) is 17.1 Å². The number of carbonyl (C=O) groups is 1. The average Bonchev–Trinajstić information content (AvgIpc) is 3.31. The Morgan fingerprint density at radius 1 is 1.23 bits per heavy atom. The predicted molar refractivity (Wildman–Crippen MR) is 152 cm³/mol. The van der Waals surface area contributed by atoms with Crippen molar-refractivity contribution in [2.24, 2.45) is 5.73 Å². The van der Waals surface area contributed by atoms with E-state index < -0.39 is 11.7 Å². The van der Waals surface area contributed by atoms with Gasteiger partial charge in [0, 0.05) is 31.6 Å². The van der Waals surface area contributed by atoms with Gasteiger partial charge in [-0.25, -0.2) is 14.7 Å². The minimum Gasteiger partial charge on any atom is -0.443 e. The van der Waals surface area contributed by atoms with Crippen LogP contribution in [0, 0.1) is 17.3 Å². The van der Waals surface area contributed by atoms with Crippen LogP contribution < -0.4 is 5.73 Å². The molecule has 0 spiro atoms. The third kappa shape index (κ3) is 7.82. The van der Waals surface area contributed by atoms with Crippen LogP contribution in [0.4, 0.5) is 4.79 Å². The number of nitrogens with two attached hydrogens (primary N) is 1. The van der Waals surface area contributed by atoms with Crippen molar-refractivity contribution in [3.8, 4) is 11.8 Å². The van der Waals surface area contributed by atoms with E-state index in [1.165, 1.54) is 0 Å². The molecule has 1 fully saturated rings. The second-order valence-electron chi connectivity index (χ2n) is 10.9. The van der Waals surface area contributed by atoms with Gasteiger partial charge in [0.25, 0.3) is 0 Å². The van der Waals surface area contributed by atoms with Gasteiger partial charge in [0.15, 0.2) is 5.96 Å². The van der Waals surface area contributed by atoms with Crippen LogP contribution in [0.25, 0.3) is 11.0 Å². The number of hydrogen-bond donors (Lipinski definition) is 3. The van der Waals surface area contributed by atoms with E-state index in [9.17, 15) is 4.79 Å². The van der Waals surface area contributed by atoms with Gasteiger partial charge in [-0.2, -0.15) is 0 Å². The van der Waals surface area contributed by atoms with Crippen molar-refractivity contribution in [1.82, 2.24) is 19.8 Å². The van der Waals surface area contributed by atoms with Crippen LogP contribution >= 0.6 is 0 Å². The molecule has 0 aliphatic carbocycles. The molecular formula is C30H38N6O3. The standard InChI is InChI=1S/C30H38N6O3/c1-30(2,3)39-29(37)36(28(31)32)17-8-7-10-21-11-9-12-22(20-21)26(38-23-15-18-35(4)19-16-23)27-33-24-13-5-6-14-25(24)34-27/h5-6,9,11-14,20,23,26H,8,15-19H2,1-4H3,(H3,31,32)(H,33,34). The number of aromatic nitrogens is 2. The van der Waals surface area contributed by atoms with Crippen molar-refractivity contribution in [3.05, 3.63) is 65.5 Å². The predicted octanol–water partition coefficient (Wildman–Crippen LogP) is 4.64. The molecule has 1 aliphatic rings. The number of carbonyl (C=O) groups excluding carboxylic acids is 1. The molecule has 9 heteroatoms. The summed E-state index contributed by atoms with van der Waals surface area (Å²) in [5.41, 5.74) is 8.60. The molecule has 0 radical (unpaired) electrons. The molecule has 1 atom stereocenters. The third-order valence-electron chi connectivity index (χ3n) is 6.44. The second kappa shape index (κ2) is 12.3. The first-order valence-corrected chi connectivity index (χ1v) is 13.3. The first-order chi connectivity index (χ1) is 18.6. The largest absolute Gasteiger partial charge is 0.443 e. The van der Waals surface area contributed by atoms with Crippen molar-refractivity contribution in [1.29, 1.82) is 5.41 Å². The van der Waals surface area contributed by atoms with Crippen molar-refractivity contribution in [3.63, 3.8) is 0 Å². The maximum Gasteiger partial charge on any atom is 0.417 e. The summed E-state index contributed by atoms with van der Waals surface area (Å²) in [7, 11) is 2.14. The first-order valence-electron chi connectivity index (χ1n) is 13.3. The lowest BCUT2D eigenvalue weighted by molar-refractivity contribution is -0.0264. The minimum absolute atomic E-state index is 0.138.